The number of sulfonamides is 1. The van der Waals surface area contributed by atoms with E-state index in [1.807, 2.05) is 20.8 Å². The van der Waals surface area contributed by atoms with Crippen LogP contribution in [0.15, 0.2) is 17.3 Å². The Labute approximate surface area is 107 Å². The molecule has 102 valence electrons. The molecule has 0 amide bonds. The average Bonchev–Trinajstić information content (AvgIpc) is 2.27. The molecule has 0 spiro atoms. The van der Waals surface area contributed by atoms with Gasteiger partial charge in [-0.3, -0.25) is 5.43 Å². The van der Waals surface area contributed by atoms with Gasteiger partial charge < -0.3 is 0 Å². The predicted octanol–water partition coefficient (Wildman–Crippen LogP) is 0.477. The number of anilines is 1. The Balaban J connectivity index is 2.68. The van der Waals surface area contributed by atoms with Crippen molar-refractivity contribution in [1.82, 2.24) is 14.7 Å². The zero-order valence-corrected chi connectivity index (χ0v) is 11.6. The highest BCUT2D eigenvalue weighted by Crippen LogP contribution is 2.17. The molecule has 8 heteroatoms. The van der Waals surface area contributed by atoms with E-state index >= 15 is 0 Å². The van der Waals surface area contributed by atoms with Gasteiger partial charge in [-0.05, 0) is 11.8 Å². The van der Waals surface area contributed by atoms with Gasteiger partial charge in [-0.1, -0.05) is 20.8 Å². The van der Waals surface area contributed by atoms with Gasteiger partial charge in [0.1, 0.15) is 4.90 Å². The molecule has 4 N–H and O–H groups in total. The van der Waals surface area contributed by atoms with Crippen molar-refractivity contribution in [2.24, 2.45) is 11.3 Å². The standard InChI is InChI=1S/C10H19N5O2S/c1-10(2,3)4-5-14-18(16,17)8-6-12-9(15-11)13-7-8/h6-7,14H,4-5,11H2,1-3H3,(H,12,13,15). The van der Waals surface area contributed by atoms with E-state index in [9.17, 15) is 8.42 Å². The number of aromatic nitrogens is 2. The molecular formula is C10H19N5O2S. The van der Waals surface area contributed by atoms with Gasteiger partial charge in [-0.25, -0.2) is 29.0 Å². The molecule has 0 atom stereocenters. The Morgan fingerprint density at radius 1 is 1.28 bits per heavy atom. The van der Waals surface area contributed by atoms with E-state index in [2.05, 4.69) is 20.1 Å². The third-order valence-corrected chi connectivity index (χ3v) is 3.65. The van der Waals surface area contributed by atoms with Gasteiger partial charge in [0, 0.05) is 6.54 Å². The number of rotatable bonds is 5. The van der Waals surface area contributed by atoms with Crippen molar-refractivity contribution in [2.45, 2.75) is 32.1 Å². The Morgan fingerprint density at radius 2 is 1.83 bits per heavy atom. The van der Waals surface area contributed by atoms with Crippen LogP contribution < -0.4 is 16.0 Å². The van der Waals surface area contributed by atoms with Crippen LogP contribution in [0.2, 0.25) is 0 Å². The summed E-state index contributed by atoms with van der Waals surface area (Å²) in [4.78, 5) is 7.53. The first kappa shape index (κ1) is 14.8. The number of hydrazine groups is 1. The fourth-order valence-corrected chi connectivity index (χ4v) is 2.09. The molecule has 7 nitrogen and oxygen atoms in total. The van der Waals surface area contributed by atoms with Gasteiger partial charge in [-0.2, -0.15) is 0 Å². The highest BCUT2D eigenvalue weighted by molar-refractivity contribution is 7.89. The van der Waals surface area contributed by atoms with E-state index in [0.717, 1.165) is 6.42 Å². The molecule has 0 bridgehead atoms. The van der Waals surface area contributed by atoms with Crippen molar-refractivity contribution in [3.63, 3.8) is 0 Å². The van der Waals surface area contributed by atoms with Crippen LogP contribution in [0.25, 0.3) is 0 Å². The lowest BCUT2D eigenvalue weighted by atomic mass is 9.93. The van der Waals surface area contributed by atoms with E-state index in [1.165, 1.54) is 12.4 Å². The highest BCUT2D eigenvalue weighted by atomic mass is 32.2. The van der Waals surface area contributed by atoms with Crippen LogP contribution in [0.4, 0.5) is 5.95 Å². The molecule has 0 aliphatic heterocycles. The molecule has 1 aromatic rings. The predicted molar refractivity (Wildman–Crippen MR) is 69.1 cm³/mol. The molecule has 0 aliphatic carbocycles. The summed E-state index contributed by atoms with van der Waals surface area (Å²) in [6.45, 7) is 6.52. The lowest BCUT2D eigenvalue weighted by Gasteiger charge is -2.17. The summed E-state index contributed by atoms with van der Waals surface area (Å²) in [7, 11) is -3.55. The SMILES string of the molecule is CC(C)(C)CCNS(=O)(=O)c1cnc(NN)nc1. The number of nitrogens with zero attached hydrogens (tertiary/aromatic N) is 2. The van der Waals surface area contributed by atoms with Crippen LogP contribution >= 0.6 is 0 Å². The minimum absolute atomic E-state index is 0.0235. The summed E-state index contributed by atoms with van der Waals surface area (Å²) < 4.78 is 26.3. The number of hydrogen-bond acceptors (Lipinski definition) is 6. The van der Waals surface area contributed by atoms with E-state index in [-0.39, 0.29) is 16.3 Å². The molecule has 1 rings (SSSR count). The Bertz CT molecular complexity index is 478. The molecular weight excluding hydrogens is 254 g/mol. The second kappa shape index (κ2) is 5.59. The number of nitrogens with one attached hydrogen (secondary N) is 2. The van der Waals surface area contributed by atoms with Crippen molar-refractivity contribution < 1.29 is 8.42 Å². The van der Waals surface area contributed by atoms with Gasteiger partial charge >= 0.3 is 0 Å². The van der Waals surface area contributed by atoms with Gasteiger partial charge in [0.05, 0.1) is 12.4 Å². The van der Waals surface area contributed by atoms with E-state index in [0.29, 0.717) is 6.54 Å². The first-order valence-electron chi connectivity index (χ1n) is 5.53. The largest absolute Gasteiger partial charge is 0.292 e. The number of hydrogen-bond donors (Lipinski definition) is 3. The average molecular weight is 273 g/mol. The molecule has 0 aromatic carbocycles. The summed E-state index contributed by atoms with van der Waals surface area (Å²) in [6.07, 6.45) is 3.17. The maximum absolute atomic E-state index is 11.9. The third-order valence-electron chi connectivity index (χ3n) is 2.23. The fraction of sp³-hybridized carbons (Fsp3) is 0.600. The Morgan fingerprint density at radius 3 is 2.28 bits per heavy atom. The van der Waals surface area contributed by atoms with Crippen LogP contribution in [0.5, 0.6) is 0 Å². The maximum atomic E-state index is 11.9. The highest BCUT2D eigenvalue weighted by Gasteiger charge is 2.17. The van der Waals surface area contributed by atoms with E-state index < -0.39 is 10.0 Å². The van der Waals surface area contributed by atoms with Crippen molar-refractivity contribution in [1.29, 1.82) is 0 Å². The fourth-order valence-electron chi connectivity index (χ4n) is 1.17. The van der Waals surface area contributed by atoms with Gasteiger partial charge in [0.25, 0.3) is 0 Å². The number of nitrogens with two attached hydrogens (primary N) is 1. The quantitative estimate of drug-likeness (QED) is 0.531. The topological polar surface area (TPSA) is 110 Å². The minimum atomic E-state index is -3.55. The molecule has 0 radical (unpaired) electrons. The molecule has 0 unspecified atom stereocenters. The Kier molecular flexibility index (Phi) is 4.60. The summed E-state index contributed by atoms with van der Waals surface area (Å²) in [5, 5.41) is 0. The third kappa shape index (κ3) is 4.55. The molecule has 0 fully saturated rings. The molecule has 1 heterocycles. The van der Waals surface area contributed by atoms with Crippen LogP contribution in [-0.4, -0.2) is 24.9 Å². The molecule has 0 saturated carbocycles. The molecule has 18 heavy (non-hydrogen) atoms. The summed E-state index contributed by atoms with van der Waals surface area (Å²) in [5.74, 6) is 5.27. The van der Waals surface area contributed by atoms with E-state index in [4.69, 9.17) is 5.84 Å². The zero-order chi connectivity index (χ0) is 13.8. The maximum Gasteiger partial charge on any atom is 0.243 e. The van der Waals surface area contributed by atoms with Crippen molar-refractivity contribution >= 4 is 16.0 Å². The molecule has 0 aliphatic rings. The van der Waals surface area contributed by atoms with Crippen molar-refractivity contribution in [2.75, 3.05) is 12.0 Å². The smallest absolute Gasteiger partial charge is 0.243 e. The second-order valence-electron chi connectivity index (χ2n) is 5.10. The van der Waals surface area contributed by atoms with Crippen LogP contribution in [0, 0.1) is 5.41 Å². The Hall–Kier alpha value is -1.25. The van der Waals surface area contributed by atoms with Crippen molar-refractivity contribution in [3.8, 4) is 0 Å². The lowest BCUT2D eigenvalue weighted by Crippen LogP contribution is -2.27. The van der Waals surface area contributed by atoms with E-state index in [1.54, 1.807) is 0 Å². The van der Waals surface area contributed by atoms with Gasteiger partial charge in [-0.15, -0.1) is 0 Å². The van der Waals surface area contributed by atoms with Gasteiger partial charge in [0.15, 0.2) is 0 Å². The van der Waals surface area contributed by atoms with Crippen LogP contribution in [-0.2, 0) is 10.0 Å². The summed E-state index contributed by atoms with van der Waals surface area (Å²) >= 11 is 0. The minimum Gasteiger partial charge on any atom is -0.292 e. The summed E-state index contributed by atoms with van der Waals surface area (Å²) in [6, 6.07) is 0. The van der Waals surface area contributed by atoms with Crippen LogP contribution in [0.1, 0.15) is 27.2 Å². The normalized spacial score (nSPS) is 12.4. The van der Waals surface area contributed by atoms with Crippen molar-refractivity contribution in [3.05, 3.63) is 12.4 Å². The second-order valence-corrected chi connectivity index (χ2v) is 6.86. The molecule has 0 saturated heterocycles. The first-order chi connectivity index (χ1) is 8.24. The number of nitrogen functional groups attached to an aromatic ring is 1. The lowest BCUT2D eigenvalue weighted by molar-refractivity contribution is 0.378. The zero-order valence-electron chi connectivity index (χ0n) is 10.8. The molecule has 1 aromatic heterocycles. The monoisotopic (exact) mass is 273 g/mol. The van der Waals surface area contributed by atoms with Crippen LogP contribution in [0.3, 0.4) is 0 Å². The summed E-state index contributed by atoms with van der Waals surface area (Å²) in [5.41, 5.74) is 2.31. The first-order valence-corrected chi connectivity index (χ1v) is 7.01. The van der Waals surface area contributed by atoms with Gasteiger partial charge in [0.2, 0.25) is 16.0 Å².